The summed E-state index contributed by atoms with van der Waals surface area (Å²) in [5.74, 6) is -2.38. The molecule has 0 aliphatic carbocycles. The number of carboxylic acids is 1. The van der Waals surface area contributed by atoms with Gasteiger partial charge < -0.3 is 25.2 Å². The van der Waals surface area contributed by atoms with E-state index in [4.69, 9.17) is 13.8 Å². The Bertz CT molecular complexity index is 916. The predicted octanol–water partition coefficient (Wildman–Crippen LogP) is 9.33. The summed E-state index contributed by atoms with van der Waals surface area (Å²) in [6.07, 6.45) is 30.9. The summed E-state index contributed by atoms with van der Waals surface area (Å²) in [5, 5.41) is 21.7. The van der Waals surface area contributed by atoms with Crippen LogP contribution in [0.15, 0.2) is 12.2 Å². The maximum absolute atomic E-state index is 12.3. The van der Waals surface area contributed by atoms with Gasteiger partial charge in [-0.1, -0.05) is 142 Å². The normalized spacial score (nSPS) is 14.0. The summed E-state index contributed by atoms with van der Waals surface area (Å²) < 4.78 is 26.7. The van der Waals surface area contributed by atoms with Crippen LogP contribution in [-0.4, -0.2) is 64.9 Å². The van der Waals surface area contributed by atoms with Gasteiger partial charge in [-0.2, -0.15) is 0 Å². The minimum absolute atomic E-state index is 0.150. The van der Waals surface area contributed by atoms with Gasteiger partial charge in [-0.15, -0.1) is 0 Å². The van der Waals surface area contributed by atoms with Crippen LogP contribution in [0.25, 0.3) is 0 Å². The Morgan fingerprint density at radius 2 is 1.04 bits per heavy atom. The van der Waals surface area contributed by atoms with Gasteiger partial charge in [0.2, 0.25) is 5.91 Å². The predicted molar refractivity (Wildman–Crippen MR) is 199 cm³/mol. The molecule has 3 atom stereocenters. The molecule has 11 nitrogen and oxygen atoms in total. The van der Waals surface area contributed by atoms with E-state index in [9.17, 15) is 34.1 Å². The summed E-state index contributed by atoms with van der Waals surface area (Å²) in [6, 6.07) is -1.54. The number of nitrogens with one attached hydrogen (secondary N) is 1. The van der Waals surface area contributed by atoms with Crippen molar-refractivity contribution in [1.82, 2.24) is 5.32 Å². The molecule has 50 heavy (non-hydrogen) atoms. The van der Waals surface area contributed by atoms with Crippen molar-refractivity contribution in [1.29, 1.82) is 0 Å². The number of esters is 1. The van der Waals surface area contributed by atoms with Crippen molar-refractivity contribution in [3.63, 3.8) is 0 Å². The molecule has 0 saturated heterocycles. The first-order valence-corrected chi connectivity index (χ1v) is 21.2. The highest BCUT2D eigenvalue weighted by molar-refractivity contribution is 7.47. The SMILES string of the molecule is CCCCC/C=C\CCCCCCCC(=O)OCC(O)COP(=O)(O)OCC(NC(=O)CCCCCCCCCCCCCCCC)C(=O)O. The lowest BCUT2D eigenvalue weighted by molar-refractivity contribution is -0.147. The second kappa shape index (κ2) is 34.3. The number of allylic oxidation sites excluding steroid dienone is 2. The van der Waals surface area contributed by atoms with Crippen LogP contribution in [0.5, 0.6) is 0 Å². The zero-order valence-electron chi connectivity index (χ0n) is 31.5. The number of unbranched alkanes of at least 4 members (excludes halogenated alkanes) is 21. The Balaban J connectivity index is 3.95. The number of aliphatic hydroxyl groups is 1. The number of carbonyl (C=O) groups excluding carboxylic acids is 2. The van der Waals surface area contributed by atoms with Crippen molar-refractivity contribution < 1.29 is 47.8 Å². The fraction of sp³-hybridized carbons (Fsp3) is 0.868. The van der Waals surface area contributed by atoms with Crippen LogP contribution in [0.4, 0.5) is 0 Å². The monoisotopic (exact) mass is 733 g/mol. The summed E-state index contributed by atoms with van der Waals surface area (Å²) >= 11 is 0. The quantitative estimate of drug-likeness (QED) is 0.0209. The van der Waals surface area contributed by atoms with Gasteiger partial charge in [0.15, 0.2) is 6.04 Å². The van der Waals surface area contributed by atoms with Crippen LogP contribution in [0.3, 0.4) is 0 Å². The maximum atomic E-state index is 12.3. The molecule has 0 spiro atoms. The average Bonchev–Trinajstić information content (AvgIpc) is 3.08. The van der Waals surface area contributed by atoms with Gasteiger partial charge in [-0.3, -0.25) is 18.6 Å². The first-order valence-electron chi connectivity index (χ1n) is 19.7. The second-order valence-electron chi connectivity index (χ2n) is 13.5. The Kier molecular flexibility index (Phi) is 33.1. The fourth-order valence-corrected chi connectivity index (χ4v) is 6.20. The molecule has 0 rings (SSSR count). The third-order valence-electron chi connectivity index (χ3n) is 8.55. The summed E-state index contributed by atoms with van der Waals surface area (Å²) in [7, 11) is -4.75. The van der Waals surface area contributed by atoms with E-state index in [1.165, 1.54) is 83.5 Å². The van der Waals surface area contributed by atoms with E-state index in [1.54, 1.807) is 0 Å². The van der Waals surface area contributed by atoms with Crippen molar-refractivity contribution in [3.05, 3.63) is 12.2 Å². The van der Waals surface area contributed by atoms with E-state index in [-0.39, 0.29) is 12.8 Å². The molecule has 1 amide bonds. The van der Waals surface area contributed by atoms with Gasteiger partial charge in [0.05, 0.1) is 13.2 Å². The highest BCUT2D eigenvalue weighted by Gasteiger charge is 2.28. The molecule has 3 unspecified atom stereocenters. The highest BCUT2D eigenvalue weighted by Crippen LogP contribution is 2.43. The van der Waals surface area contributed by atoms with E-state index in [2.05, 4.69) is 31.3 Å². The lowest BCUT2D eigenvalue weighted by atomic mass is 10.0. The highest BCUT2D eigenvalue weighted by atomic mass is 31.2. The molecule has 12 heteroatoms. The molecule has 294 valence electrons. The fourth-order valence-electron chi connectivity index (χ4n) is 5.43. The molecule has 0 aliphatic rings. The lowest BCUT2D eigenvalue weighted by Gasteiger charge is -2.18. The summed E-state index contributed by atoms with van der Waals surface area (Å²) in [4.78, 5) is 45.7. The first-order chi connectivity index (χ1) is 24.1. The summed E-state index contributed by atoms with van der Waals surface area (Å²) in [5.41, 5.74) is 0. The van der Waals surface area contributed by atoms with Crippen LogP contribution < -0.4 is 5.32 Å². The average molecular weight is 734 g/mol. The van der Waals surface area contributed by atoms with E-state index >= 15 is 0 Å². The third kappa shape index (κ3) is 33.4. The maximum Gasteiger partial charge on any atom is 0.472 e. The minimum atomic E-state index is -4.75. The van der Waals surface area contributed by atoms with E-state index in [0.717, 1.165) is 57.8 Å². The smallest absolute Gasteiger partial charge is 0.472 e. The molecule has 0 aromatic heterocycles. The molecule has 0 bridgehead atoms. The van der Waals surface area contributed by atoms with Gasteiger partial charge in [0.1, 0.15) is 12.7 Å². The number of rotatable bonds is 37. The molecule has 0 heterocycles. The number of ether oxygens (including phenoxy) is 1. The van der Waals surface area contributed by atoms with Gasteiger partial charge in [-0.25, -0.2) is 9.36 Å². The van der Waals surface area contributed by atoms with E-state index < -0.39 is 57.6 Å². The Labute approximate surface area is 303 Å². The number of carbonyl (C=O) groups is 3. The van der Waals surface area contributed by atoms with Crippen molar-refractivity contribution in [3.8, 4) is 0 Å². The molecular weight excluding hydrogens is 661 g/mol. The molecule has 0 saturated carbocycles. The van der Waals surface area contributed by atoms with Crippen LogP contribution in [0, 0.1) is 0 Å². The van der Waals surface area contributed by atoms with E-state index in [1.807, 2.05) is 0 Å². The van der Waals surface area contributed by atoms with Gasteiger partial charge in [0, 0.05) is 12.8 Å². The largest absolute Gasteiger partial charge is 0.480 e. The van der Waals surface area contributed by atoms with Crippen molar-refractivity contribution in [2.45, 2.75) is 193 Å². The number of hydrogen-bond donors (Lipinski definition) is 4. The molecule has 0 aromatic rings. The topological polar surface area (TPSA) is 169 Å². The zero-order chi connectivity index (χ0) is 37.1. The summed E-state index contributed by atoms with van der Waals surface area (Å²) in [6.45, 7) is 2.55. The number of aliphatic carboxylic acids is 1. The van der Waals surface area contributed by atoms with Crippen molar-refractivity contribution in [2.24, 2.45) is 0 Å². The molecular formula is C38H72NO10P. The van der Waals surface area contributed by atoms with Crippen molar-refractivity contribution >= 4 is 25.7 Å². The molecule has 0 aromatic carbocycles. The lowest BCUT2D eigenvalue weighted by Crippen LogP contribution is -2.43. The van der Waals surface area contributed by atoms with E-state index in [0.29, 0.717) is 12.8 Å². The van der Waals surface area contributed by atoms with Crippen molar-refractivity contribution in [2.75, 3.05) is 19.8 Å². The standard InChI is InChI=1S/C38H72NO10P/c1-3-5-7-9-11-13-15-17-18-19-21-23-25-27-29-36(41)39-35(38(43)44)33-49-50(45,46)48-32-34(40)31-47-37(42)30-28-26-24-22-20-16-14-12-10-8-6-4-2/h12,14,34-35,40H,3-11,13,15-33H2,1-2H3,(H,39,41)(H,43,44)(H,45,46)/b14-12-. The molecule has 4 N–H and O–H groups in total. The number of carboxylic acid groups (broad SMARTS) is 1. The van der Waals surface area contributed by atoms with Gasteiger partial charge in [0.25, 0.3) is 0 Å². The molecule has 0 aliphatic heterocycles. The van der Waals surface area contributed by atoms with Crippen LogP contribution in [0.1, 0.15) is 181 Å². The van der Waals surface area contributed by atoms with Gasteiger partial charge in [-0.05, 0) is 38.5 Å². The second-order valence-corrected chi connectivity index (χ2v) is 14.9. The number of phosphoric acid groups is 1. The first kappa shape index (κ1) is 48.2. The van der Waals surface area contributed by atoms with Crippen LogP contribution in [0.2, 0.25) is 0 Å². The third-order valence-corrected chi connectivity index (χ3v) is 9.51. The number of hydrogen-bond acceptors (Lipinski definition) is 8. The number of amides is 1. The van der Waals surface area contributed by atoms with Crippen LogP contribution >= 0.6 is 7.82 Å². The Morgan fingerprint density at radius 3 is 1.56 bits per heavy atom. The van der Waals surface area contributed by atoms with Gasteiger partial charge >= 0.3 is 19.8 Å². The molecule has 0 radical (unpaired) electrons. The molecule has 0 fully saturated rings. The van der Waals surface area contributed by atoms with Crippen LogP contribution in [-0.2, 0) is 32.7 Å². The Hall–Kier alpha value is -1.78. The number of phosphoric ester groups is 1. The zero-order valence-corrected chi connectivity index (χ0v) is 32.4. The minimum Gasteiger partial charge on any atom is -0.480 e. The number of aliphatic hydroxyl groups excluding tert-OH is 1. The Morgan fingerprint density at radius 1 is 0.620 bits per heavy atom.